The van der Waals surface area contributed by atoms with E-state index < -0.39 is 15.8 Å². The summed E-state index contributed by atoms with van der Waals surface area (Å²) in [7, 11) is -3.17. The van der Waals surface area contributed by atoms with Crippen molar-refractivity contribution < 1.29 is 12.8 Å². The van der Waals surface area contributed by atoms with Crippen LogP contribution in [-0.2, 0) is 16.4 Å². The predicted molar refractivity (Wildman–Crippen MR) is 70.0 cm³/mol. The highest BCUT2D eigenvalue weighted by Crippen LogP contribution is 2.20. The molecular formula is C11H17FN4O2S. The zero-order valence-corrected chi connectivity index (χ0v) is 11.8. The van der Waals surface area contributed by atoms with E-state index in [-0.39, 0.29) is 5.82 Å². The lowest BCUT2D eigenvalue weighted by atomic mass is 10.2. The summed E-state index contributed by atoms with van der Waals surface area (Å²) in [4.78, 5) is 9.62. The minimum Gasteiger partial charge on any atom is -0.351 e. The predicted octanol–water partition coefficient (Wildman–Crippen LogP) is 0.260. The Morgan fingerprint density at radius 2 is 1.89 bits per heavy atom. The fourth-order valence-corrected chi connectivity index (χ4v) is 2.92. The van der Waals surface area contributed by atoms with Crippen molar-refractivity contribution in [2.75, 3.05) is 37.3 Å². The summed E-state index contributed by atoms with van der Waals surface area (Å²) in [6, 6.07) is 0. The van der Waals surface area contributed by atoms with Gasteiger partial charge < -0.3 is 4.90 Å². The quantitative estimate of drug-likeness (QED) is 0.798. The first-order valence-corrected chi connectivity index (χ1v) is 7.97. The van der Waals surface area contributed by atoms with Crippen LogP contribution in [0.1, 0.15) is 12.6 Å². The zero-order chi connectivity index (χ0) is 14.0. The minimum absolute atomic E-state index is 0.264. The summed E-state index contributed by atoms with van der Waals surface area (Å²) in [5.74, 6) is -0.141. The molecule has 1 saturated heterocycles. The molecule has 0 unspecified atom stereocenters. The third-order valence-corrected chi connectivity index (χ3v) is 4.49. The average molecular weight is 288 g/mol. The van der Waals surface area contributed by atoms with Gasteiger partial charge in [0.25, 0.3) is 0 Å². The van der Waals surface area contributed by atoms with Gasteiger partial charge in [0, 0.05) is 26.2 Å². The molecule has 8 heteroatoms. The molecule has 1 aromatic heterocycles. The molecule has 1 aliphatic rings. The van der Waals surface area contributed by atoms with Crippen LogP contribution in [0.15, 0.2) is 6.33 Å². The molecule has 106 valence electrons. The summed E-state index contributed by atoms with van der Waals surface area (Å²) < 4.78 is 38.3. The summed E-state index contributed by atoms with van der Waals surface area (Å²) in [6.45, 7) is 3.40. The van der Waals surface area contributed by atoms with Crippen molar-refractivity contribution in [3.63, 3.8) is 0 Å². The van der Waals surface area contributed by atoms with E-state index >= 15 is 0 Å². The SMILES string of the molecule is CCc1ncnc(N2CCN(S(C)(=O)=O)CC2)c1F. The molecular weight excluding hydrogens is 271 g/mol. The Labute approximate surface area is 112 Å². The number of aromatic nitrogens is 2. The van der Waals surface area contributed by atoms with Crippen LogP contribution >= 0.6 is 0 Å². The van der Waals surface area contributed by atoms with Crippen molar-refractivity contribution in [3.05, 3.63) is 17.8 Å². The van der Waals surface area contributed by atoms with E-state index in [4.69, 9.17) is 0 Å². The first kappa shape index (κ1) is 14.1. The van der Waals surface area contributed by atoms with Crippen LogP contribution in [0.25, 0.3) is 0 Å². The molecule has 2 rings (SSSR count). The van der Waals surface area contributed by atoms with Crippen molar-refractivity contribution in [1.82, 2.24) is 14.3 Å². The Hall–Kier alpha value is -1.28. The van der Waals surface area contributed by atoms with Gasteiger partial charge in [-0.3, -0.25) is 0 Å². The first-order chi connectivity index (χ1) is 8.93. The highest BCUT2D eigenvalue weighted by molar-refractivity contribution is 7.88. The van der Waals surface area contributed by atoms with Crippen LogP contribution in [0, 0.1) is 5.82 Å². The number of nitrogens with zero attached hydrogens (tertiary/aromatic N) is 4. The molecule has 0 bridgehead atoms. The molecule has 0 spiro atoms. The highest BCUT2D eigenvalue weighted by atomic mass is 32.2. The molecule has 0 aromatic carbocycles. The Morgan fingerprint density at radius 1 is 1.26 bits per heavy atom. The molecule has 0 atom stereocenters. The molecule has 0 aliphatic carbocycles. The molecule has 0 N–H and O–H groups in total. The number of sulfonamides is 1. The van der Waals surface area contributed by atoms with Crippen LogP contribution < -0.4 is 4.90 Å². The van der Waals surface area contributed by atoms with Gasteiger partial charge in [-0.25, -0.2) is 22.8 Å². The van der Waals surface area contributed by atoms with Gasteiger partial charge in [-0.1, -0.05) is 6.92 Å². The van der Waals surface area contributed by atoms with Gasteiger partial charge in [0.05, 0.1) is 11.9 Å². The van der Waals surface area contributed by atoms with Crippen molar-refractivity contribution in [1.29, 1.82) is 0 Å². The molecule has 1 aliphatic heterocycles. The summed E-state index contributed by atoms with van der Waals surface area (Å²) in [6.07, 6.45) is 3.04. The summed E-state index contributed by atoms with van der Waals surface area (Å²) in [5.41, 5.74) is 0.385. The van der Waals surface area contributed by atoms with Crippen molar-refractivity contribution in [2.45, 2.75) is 13.3 Å². The molecule has 0 radical (unpaired) electrons. The Bertz CT molecular complexity index is 556. The van der Waals surface area contributed by atoms with Crippen LogP contribution in [0.5, 0.6) is 0 Å². The van der Waals surface area contributed by atoms with Gasteiger partial charge in [-0.05, 0) is 6.42 Å². The number of halogens is 1. The lowest BCUT2D eigenvalue weighted by Gasteiger charge is -2.34. The molecule has 1 fully saturated rings. The third kappa shape index (κ3) is 3.01. The molecule has 0 saturated carbocycles. The second kappa shape index (κ2) is 5.38. The Balaban J connectivity index is 2.14. The molecule has 19 heavy (non-hydrogen) atoms. The normalized spacial score (nSPS) is 17.7. The standard InChI is InChI=1S/C11H17FN4O2S/c1-3-9-10(12)11(14-8-13-9)15-4-6-16(7-5-15)19(2,17)18/h8H,3-7H2,1-2H3. The van der Waals surface area contributed by atoms with Crippen LogP contribution in [0.2, 0.25) is 0 Å². The first-order valence-electron chi connectivity index (χ1n) is 6.13. The van der Waals surface area contributed by atoms with E-state index in [0.717, 1.165) is 0 Å². The van der Waals surface area contributed by atoms with E-state index in [0.29, 0.717) is 38.3 Å². The fraction of sp³-hybridized carbons (Fsp3) is 0.636. The van der Waals surface area contributed by atoms with E-state index in [1.807, 2.05) is 6.92 Å². The maximum atomic E-state index is 14.1. The van der Waals surface area contributed by atoms with E-state index in [9.17, 15) is 12.8 Å². The van der Waals surface area contributed by atoms with Gasteiger partial charge in [-0.15, -0.1) is 0 Å². The summed E-state index contributed by atoms with van der Waals surface area (Å²) >= 11 is 0. The maximum absolute atomic E-state index is 14.1. The van der Waals surface area contributed by atoms with Crippen LogP contribution in [-0.4, -0.2) is 55.1 Å². The number of aryl methyl sites for hydroxylation is 1. The average Bonchev–Trinajstić information content (AvgIpc) is 2.38. The second-order valence-electron chi connectivity index (χ2n) is 4.46. The number of piperazine rings is 1. The third-order valence-electron chi connectivity index (χ3n) is 3.19. The fourth-order valence-electron chi connectivity index (χ4n) is 2.09. The lowest BCUT2D eigenvalue weighted by Crippen LogP contribution is -2.48. The largest absolute Gasteiger partial charge is 0.351 e. The van der Waals surface area contributed by atoms with Crippen molar-refractivity contribution >= 4 is 15.8 Å². The van der Waals surface area contributed by atoms with Gasteiger partial charge in [0.15, 0.2) is 11.6 Å². The zero-order valence-electron chi connectivity index (χ0n) is 11.0. The van der Waals surface area contributed by atoms with Gasteiger partial charge in [-0.2, -0.15) is 4.31 Å². The smallest absolute Gasteiger partial charge is 0.211 e. The molecule has 1 aromatic rings. The number of hydrogen-bond donors (Lipinski definition) is 0. The molecule has 2 heterocycles. The number of rotatable bonds is 3. The number of anilines is 1. The second-order valence-corrected chi connectivity index (χ2v) is 6.44. The monoisotopic (exact) mass is 288 g/mol. The van der Waals surface area contributed by atoms with Crippen molar-refractivity contribution in [2.24, 2.45) is 0 Å². The Morgan fingerprint density at radius 3 is 2.42 bits per heavy atom. The minimum atomic E-state index is -3.17. The Kier molecular flexibility index (Phi) is 4.00. The van der Waals surface area contributed by atoms with Crippen LogP contribution in [0.4, 0.5) is 10.2 Å². The van der Waals surface area contributed by atoms with Gasteiger partial charge >= 0.3 is 0 Å². The van der Waals surface area contributed by atoms with Gasteiger partial charge in [0.1, 0.15) is 6.33 Å². The summed E-state index contributed by atoms with van der Waals surface area (Å²) in [5, 5.41) is 0. The van der Waals surface area contributed by atoms with E-state index in [2.05, 4.69) is 9.97 Å². The van der Waals surface area contributed by atoms with Gasteiger partial charge in [0.2, 0.25) is 10.0 Å². The van der Waals surface area contributed by atoms with Crippen molar-refractivity contribution in [3.8, 4) is 0 Å². The molecule has 0 amide bonds. The maximum Gasteiger partial charge on any atom is 0.211 e. The lowest BCUT2D eigenvalue weighted by molar-refractivity contribution is 0.384. The van der Waals surface area contributed by atoms with E-state index in [1.54, 1.807) is 4.90 Å². The topological polar surface area (TPSA) is 66.4 Å². The number of hydrogen-bond acceptors (Lipinski definition) is 5. The highest BCUT2D eigenvalue weighted by Gasteiger charge is 2.26. The molecule has 6 nitrogen and oxygen atoms in total. The van der Waals surface area contributed by atoms with E-state index in [1.165, 1.54) is 16.9 Å². The van der Waals surface area contributed by atoms with Crippen LogP contribution in [0.3, 0.4) is 0 Å².